The molecule has 2 heterocycles. The molecular weight excluding hydrogens is 244 g/mol. The minimum Gasteiger partial charge on any atom is -0.368 e. The molecule has 0 spiro atoms. The van der Waals surface area contributed by atoms with E-state index in [1.54, 1.807) is 11.3 Å². The summed E-state index contributed by atoms with van der Waals surface area (Å²) in [6.45, 7) is 6.36. The third-order valence-electron chi connectivity index (χ3n) is 3.11. The molecule has 3 rings (SSSR count). The molecule has 0 saturated carbocycles. The fraction of sp³-hybridized carbons (Fsp3) is 0.231. The zero-order chi connectivity index (χ0) is 12.9. The van der Waals surface area contributed by atoms with Crippen LogP contribution in [0.1, 0.15) is 16.7 Å². The number of aryl methyl sites for hydroxylation is 3. The van der Waals surface area contributed by atoms with Crippen molar-refractivity contribution in [3.63, 3.8) is 0 Å². The number of nitrogens with zero attached hydrogens (tertiary/aromatic N) is 3. The van der Waals surface area contributed by atoms with Gasteiger partial charge in [0.15, 0.2) is 0 Å². The molecule has 0 aliphatic heterocycles. The van der Waals surface area contributed by atoms with Gasteiger partial charge in [0, 0.05) is 10.9 Å². The quantitative estimate of drug-likeness (QED) is 0.730. The minimum atomic E-state index is 0.445. The van der Waals surface area contributed by atoms with E-state index < -0.39 is 0 Å². The molecule has 0 aliphatic rings. The second-order valence-corrected chi connectivity index (χ2v) is 5.41. The summed E-state index contributed by atoms with van der Waals surface area (Å²) in [5.41, 5.74) is 12.0. The number of benzene rings is 1. The van der Waals surface area contributed by atoms with Crippen LogP contribution in [0.2, 0.25) is 0 Å². The second-order valence-electron chi connectivity index (χ2n) is 4.57. The minimum absolute atomic E-state index is 0.445. The highest BCUT2D eigenvalue weighted by Gasteiger charge is 2.15. The van der Waals surface area contributed by atoms with Gasteiger partial charge >= 0.3 is 0 Å². The largest absolute Gasteiger partial charge is 0.368 e. The van der Waals surface area contributed by atoms with Gasteiger partial charge in [0.2, 0.25) is 10.9 Å². The lowest BCUT2D eigenvalue weighted by Gasteiger charge is -2.10. The maximum absolute atomic E-state index is 5.88. The van der Waals surface area contributed by atoms with Crippen LogP contribution in [0, 0.1) is 20.8 Å². The number of aromatic nitrogens is 3. The van der Waals surface area contributed by atoms with Crippen molar-refractivity contribution in [1.29, 1.82) is 0 Å². The van der Waals surface area contributed by atoms with Gasteiger partial charge in [-0.1, -0.05) is 17.7 Å². The van der Waals surface area contributed by atoms with Gasteiger partial charge in [-0.3, -0.25) is 4.40 Å². The standard InChI is InChI=1S/C13H14N4S/c1-7-4-8(2)11(9(3)5-7)10-6-18-13-16-15-12(14)17(10)13/h4-6H,1-3H3,(H2,14,15). The van der Waals surface area contributed by atoms with Crippen LogP contribution in [0.4, 0.5) is 5.95 Å². The Morgan fingerprint density at radius 2 is 1.78 bits per heavy atom. The van der Waals surface area contributed by atoms with Gasteiger partial charge in [-0.2, -0.15) is 0 Å². The summed E-state index contributed by atoms with van der Waals surface area (Å²) >= 11 is 1.56. The highest BCUT2D eigenvalue weighted by molar-refractivity contribution is 7.15. The molecule has 2 aromatic heterocycles. The van der Waals surface area contributed by atoms with Crippen LogP contribution in [0.5, 0.6) is 0 Å². The van der Waals surface area contributed by atoms with Crippen molar-refractivity contribution in [3.8, 4) is 11.3 Å². The van der Waals surface area contributed by atoms with E-state index in [4.69, 9.17) is 5.73 Å². The van der Waals surface area contributed by atoms with Crippen molar-refractivity contribution < 1.29 is 0 Å². The Kier molecular flexibility index (Phi) is 2.38. The van der Waals surface area contributed by atoms with Crippen LogP contribution in [0.3, 0.4) is 0 Å². The molecule has 0 bridgehead atoms. The van der Waals surface area contributed by atoms with Crippen molar-refractivity contribution in [2.75, 3.05) is 5.73 Å². The normalized spacial score (nSPS) is 11.3. The Morgan fingerprint density at radius 1 is 1.11 bits per heavy atom. The van der Waals surface area contributed by atoms with Crippen LogP contribution in [-0.4, -0.2) is 14.6 Å². The van der Waals surface area contributed by atoms with Crippen molar-refractivity contribution in [2.45, 2.75) is 20.8 Å². The van der Waals surface area contributed by atoms with E-state index in [0.29, 0.717) is 5.95 Å². The van der Waals surface area contributed by atoms with Crippen LogP contribution >= 0.6 is 11.3 Å². The van der Waals surface area contributed by atoms with Gasteiger partial charge in [0.1, 0.15) is 0 Å². The number of fused-ring (bicyclic) bond motifs is 1. The fourth-order valence-electron chi connectivity index (χ4n) is 2.50. The number of nitrogens with two attached hydrogens (primary N) is 1. The molecule has 0 radical (unpaired) electrons. The van der Waals surface area contributed by atoms with E-state index in [-0.39, 0.29) is 0 Å². The summed E-state index contributed by atoms with van der Waals surface area (Å²) < 4.78 is 1.91. The highest BCUT2D eigenvalue weighted by atomic mass is 32.1. The Balaban J connectivity index is 2.36. The van der Waals surface area contributed by atoms with E-state index in [1.165, 1.54) is 22.3 Å². The van der Waals surface area contributed by atoms with Crippen LogP contribution in [0.15, 0.2) is 17.5 Å². The third kappa shape index (κ3) is 1.51. The molecule has 0 amide bonds. The number of hydrogen-bond donors (Lipinski definition) is 1. The number of thiazole rings is 1. The molecule has 4 nitrogen and oxygen atoms in total. The summed E-state index contributed by atoms with van der Waals surface area (Å²) in [4.78, 5) is 0.835. The monoisotopic (exact) mass is 258 g/mol. The van der Waals surface area contributed by atoms with E-state index in [0.717, 1.165) is 10.7 Å². The first kappa shape index (κ1) is 11.2. The lowest BCUT2D eigenvalue weighted by Crippen LogP contribution is -1.97. The number of anilines is 1. The van der Waals surface area contributed by atoms with Gasteiger partial charge in [0.25, 0.3) is 0 Å². The van der Waals surface area contributed by atoms with E-state index in [1.807, 2.05) is 4.40 Å². The Morgan fingerprint density at radius 3 is 2.44 bits per heavy atom. The molecule has 0 unspecified atom stereocenters. The Bertz CT molecular complexity index is 716. The molecule has 5 heteroatoms. The zero-order valence-electron chi connectivity index (χ0n) is 10.6. The lowest BCUT2D eigenvalue weighted by atomic mass is 9.98. The predicted octanol–water partition coefficient (Wildman–Crippen LogP) is 2.97. The summed E-state index contributed by atoms with van der Waals surface area (Å²) in [5.74, 6) is 0.445. The predicted molar refractivity (Wildman–Crippen MR) is 74.9 cm³/mol. The molecule has 92 valence electrons. The van der Waals surface area contributed by atoms with Crippen molar-refractivity contribution >= 4 is 22.2 Å². The first-order chi connectivity index (χ1) is 8.58. The SMILES string of the molecule is Cc1cc(C)c(-c2csc3nnc(N)n23)c(C)c1. The average molecular weight is 258 g/mol. The molecule has 0 fully saturated rings. The van der Waals surface area contributed by atoms with Crippen molar-refractivity contribution in [2.24, 2.45) is 0 Å². The zero-order valence-corrected chi connectivity index (χ0v) is 11.4. The second kappa shape index (κ2) is 3.81. The van der Waals surface area contributed by atoms with E-state index in [2.05, 4.69) is 48.5 Å². The Hall–Kier alpha value is -1.88. The smallest absolute Gasteiger partial charge is 0.227 e. The molecule has 1 aromatic carbocycles. The maximum atomic E-state index is 5.88. The first-order valence-electron chi connectivity index (χ1n) is 5.74. The number of hydrogen-bond acceptors (Lipinski definition) is 4. The molecule has 3 aromatic rings. The Labute approximate surface area is 109 Å². The summed E-state index contributed by atoms with van der Waals surface area (Å²) in [5, 5.41) is 10.1. The van der Waals surface area contributed by atoms with E-state index >= 15 is 0 Å². The highest BCUT2D eigenvalue weighted by Crippen LogP contribution is 2.32. The van der Waals surface area contributed by atoms with Crippen LogP contribution in [-0.2, 0) is 0 Å². The molecule has 0 aliphatic carbocycles. The fourth-order valence-corrected chi connectivity index (χ4v) is 3.33. The van der Waals surface area contributed by atoms with Crippen molar-refractivity contribution in [1.82, 2.24) is 14.6 Å². The van der Waals surface area contributed by atoms with Crippen LogP contribution in [0.25, 0.3) is 16.2 Å². The number of nitrogen functional groups attached to an aromatic ring is 1. The molecule has 2 N–H and O–H groups in total. The van der Waals surface area contributed by atoms with Crippen LogP contribution < -0.4 is 5.73 Å². The number of rotatable bonds is 1. The van der Waals surface area contributed by atoms with Gasteiger partial charge < -0.3 is 5.73 Å². The molecule has 0 saturated heterocycles. The van der Waals surface area contributed by atoms with Gasteiger partial charge in [-0.05, 0) is 31.9 Å². The van der Waals surface area contributed by atoms with Gasteiger partial charge in [-0.15, -0.1) is 21.5 Å². The average Bonchev–Trinajstić information content (AvgIpc) is 2.82. The topological polar surface area (TPSA) is 56.2 Å². The summed E-state index contributed by atoms with van der Waals surface area (Å²) in [6.07, 6.45) is 0. The summed E-state index contributed by atoms with van der Waals surface area (Å²) in [7, 11) is 0. The first-order valence-corrected chi connectivity index (χ1v) is 6.62. The molecular formula is C13H14N4S. The molecule has 0 atom stereocenters. The summed E-state index contributed by atoms with van der Waals surface area (Å²) in [6, 6.07) is 4.37. The third-order valence-corrected chi connectivity index (χ3v) is 3.92. The van der Waals surface area contributed by atoms with Gasteiger partial charge in [-0.25, -0.2) is 0 Å². The maximum Gasteiger partial charge on any atom is 0.227 e. The van der Waals surface area contributed by atoms with Gasteiger partial charge in [0.05, 0.1) is 5.69 Å². The molecule has 18 heavy (non-hydrogen) atoms. The lowest BCUT2D eigenvalue weighted by molar-refractivity contribution is 1.12. The van der Waals surface area contributed by atoms with Crippen molar-refractivity contribution in [3.05, 3.63) is 34.2 Å². The van der Waals surface area contributed by atoms with E-state index in [9.17, 15) is 0 Å².